The number of halogens is 3. The number of hydroxylamine groups is 1. The molecular weight excluding hydrogens is 263 g/mol. The van der Waals surface area contributed by atoms with Gasteiger partial charge in [-0.15, -0.1) is 5.48 Å². The Morgan fingerprint density at radius 2 is 2.32 bits per heavy atom. The molecule has 0 bridgehead atoms. The van der Waals surface area contributed by atoms with Crippen molar-refractivity contribution in [2.24, 2.45) is 5.92 Å². The number of aromatic amines is 1. The third-order valence-electron chi connectivity index (χ3n) is 3.13. The summed E-state index contributed by atoms with van der Waals surface area (Å²) in [4.78, 5) is 21.7. The average molecular weight is 277 g/mol. The number of nitrogens with one attached hydrogen (secondary N) is 2. The van der Waals surface area contributed by atoms with Crippen LogP contribution in [-0.4, -0.2) is 28.2 Å². The van der Waals surface area contributed by atoms with E-state index in [0.717, 1.165) is 18.7 Å². The molecule has 2 atom stereocenters. The molecule has 0 saturated heterocycles. The number of carbonyl (C=O) groups excluding carboxylic acids is 1. The van der Waals surface area contributed by atoms with Gasteiger partial charge < -0.3 is 9.82 Å². The largest absolute Gasteiger partial charge is 0.492 e. The monoisotopic (exact) mass is 277 g/mol. The first-order valence-corrected chi connectivity index (χ1v) is 5.97. The van der Waals surface area contributed by atoms with Crippen molar-refractivity contribution in [1.82, 2.24) is 15.4 Å². The van der Waals surface area contributed by atoms with Crippen molar-refractivity contribution in [2.45, 2.75) is 37.9 Å². The SMILES string of the molecule is O=C(ON[C@@H]1CC[C@H](Cc2ncc[nH]2)C1)C(F)(F)F. The van der Waals surface area contributed by atoms with E-state index in [-0.39, 0.29) is 6.04 Å². The lowest BCUT2D eigenvalue weighted by Gasteiger charge is -2.13. The van der Waals surface area contributed by atoms with Crippen LogP contribution in [0.3, 0.4) is 0 Å². The van der Waals surface area contributed by atoms with E-state index in [1.807, 2.05) is 0 Å². The standard InChI is InChI=1S/C11H14F3N3O2/c12-11(13,14)10(18)19-17-8-2-1-7(5-8)6-9-15-3-4-16-9/h3-4,7-8,17H,1-2,5-6H2,(H,15,16)/t7-,8+/m0/s1. The van der Waals surface area contributed by atoms with Gasteiger partial charge in [0.2, 0.25) is 0 Å². The Labute approximate surface area is 107 Å². The zero-order valence-corrected chi connectivity index (χ0v) is 10.0. The smallest absolute Gasteiger partial charge is 0.363 e. The van der Waals surface area contributed by atoms with Crippen LogP contribution in [0.5, 0.6) is 0 Å². The molecule has 1 heterocycles. The summed E-state index contributed by atoms with van der Waals surface area (Å²) in [6, 6.07) is -0.230. The second-order valence-corrected chi connectivity index (χ2v) is 4.62. The predicted octanol–water partition coefficient (Wildman–Crippen LogP) is 1.73. The molecule has 1 aliphatic carbocycles. The average Bonchev–Trinajstić information content (AvgIpc) is 2.97. The summed E-state index contributed by atoms with van der Waals surface area (Å²) in [5, 5.41) is 0. The van der Waals surface area contributed by atoms with Crippen molar-refractivity contribution in [2.75, 3.05) is 0 Å². The molecule has 1 aromatic heterocycles. The van der Waals surface area contributed by atoms with Crippen LogP contribution in [-0.2, 0) is 16.1 Å². The topological polar surface area (TPSA) is 67.0 Å². The number of aromatic nitrogens is 2. The van der Waals surface area contributed by atoms with Gasteiger partial charge in [-0.25, -0.2) is 9.78 Å². The molecule has 0 spiro atoms. The van der Waals surface area contributed by atoms with Crippen LogP contribution in [0.15, 0.2) is 12.4 Å². The Balaban J connectivity index is 1.72. The number of H-pyrrole nitrogens is 1. The quantitative estimate of drug-likeness (QED) is 0.822. The summed E-state index contributed by atoms with van der Waals surface area (Å²) < 4.78 is 35.8. The molecule has 2 rings (SSSR count). The van der Waals surface area contributed by atoms with Crippen LogP contribution in [0.25, 0.3) is 0 Å². The van der Waals surface area contributed by atoms with Crippen LogP contribution < -0.4 is 5.48 Å². The fourth-order valence-corrected chi connectivity index (χ4v) is 2.25. The lowest BCUT2D eigenvalue weighted by molar-refractivity contribution is -0.208. The third kappa shape index (κ3) is 3.95. The number of alkyl halides is 3. The third-order valence-corrected chi connectivity index (χ3v) is 3.13. The van der Waals surface area contributed by atoms with Crippen LogP contribution in [0.4, 0.5) is 13.2 Å². The van der Waals surface area contributed by atoms with Gasteiger partial charge in [0, 0.05) is 24.9 Å². The molecule has 0 aromatic carbocycles. The van der Waals surface area contributed by atoms with Gasteiger partial charge in [-0.05, 0) is 25.2 Å². The minimum absolute atomic E-state index is 0.230. The molecule has 8 heteroatoms. The number of imidazole rings is 1. The normalized spacial score (nSPS) is 23.5. The van der Waals surface area contributed by atoms with Crippen LogP contribution >= 0.6 is 0 Å². The number of nitrogens with zero attached hydrogens (tertiary/aromatic N) is 1. The van der Waals surface area contributed by atoms with Crippen molar-refractivity contribution >= 4 is 5.97 Å². The highest BCUT2D eigenvalue weighted by Gasteiger charge is 2.42. The summed E-state index contributed by atoms with van der Waals surface area (Å²) in [7, 11) is 0. The molecule has 0 aliphatic heterocycles. The number of rotatable bonds is 4. The molecule has 0 unspecified atom stereocenters. The van der Waals surface area contributed by atoms with E-state index >= 15 is 0 Å². The second-order valence-electron chi connectivity index (χ2n) is 4.62. The molecule has 5 nitrogen and oxygen atoms in total. The minimum Gasteiger partial charge on any atom is -0.363 e. The first-order valence-electron chi connectivity index (χ1n) is 5.97. The van der Waals surface area contributed by atoms with Gasteiger partial charge in [-0.3, -0.25) is 0 Å². The van der Waals surface area contributed by atoms with Gasteiger partial charge in [-0.1, -0.05) is 0 Å². The molecular formula is C11H14F3N3O2. The van der Waals surface area contributed by atoms with Gasteiger partial charge in [0.05, 0.1) is 0 Å². The van der Waals surface area contributed by atoms with E-state index < -0.39 is 12.1 Å². The van der Waals surface area contributed by atoms with Crippen LogP contribution in [0, 0.1) is 5.92 Å². The Morgan fingerprint density at radius 3 is 2.95 bits per heavy atom. The summed E-state index contributed by atoms with van der Waals surface area (Å²) in [5.41, 5.74) is 2.20. The molecule has 1 fully saturated rings. The molecule has 1 aromatic rings. The highest BCUT2D eigenvalue weighted by Crippen LogP contribution is 2.28. The molecule has 2 N–H and O–H groups in total. The predicted molar refractivity (Wildman–Crippen MR) is 58.7 cm³/mol. The van der Waals surface area contributed by atoms with E-state index in [2.05, 4.69) is 20.3 Å². The van der Waals surface area contributed by atoms with E-state index in [9.17, 15) is 18.0 Å². The zero-order chi connectivity index (χ0) is 13.9. The molecule has 0 radical (unpaired) electrons. The summed E-state index contributed by atoms with van der Waals surface area (Å²) in [6.45, 7) is 0. The molecule has 0 amide bonds. The van der Waals surface area contributed by atoms with Gasteiger partial charge in [0.25, 0.3) is 0 Å². The van der Waals surface area contributed by atoms with E-state index in [1.54, 1.807) is 12.4 Å². The van der Waals surface area contributed by atoms with E-state index in [1.165, 1.54) is 0 Å². The molecule has 19 heavy (non-hydrogen) atoms. The summed E-state index contributed by atoms with van der Waals surface area (Å²) >= 11 is 0. The highest BCUT2D eigenvalue weighted by atomic mass is 19.4. The van der Waals surface area contributed by atoms with Gasteiger partial charge in [-0.2, -0.15) is 13.2 Å². The number of hydrogen-bond acceptors (Lipinski definition) is 4. The number of carbonyl (C=O) groups is 1. The van der Waals surface area contributed by atoms with Crippen molar-refractivity contribution in [3.8, 4) is 0 Å². The highest BCUT2D eigenvalue weighted by molar-refractivity contribution is 5.75. The molecule has 1 aliphatic rings. The Morgan fingerprint density at radius 1 is 1.53 bits per heavy atom. The molecule has 106 valence electrons. The Kier molecular flexibility index (Phi) is 4.08. The first-order chi connectivity index (χ1) is 8.95. The lowest BCUT2D eigenvalue weighted by Crippen LogP contribution is -2.36. The Hall–Kier alpha value is -1.57. The second kappa shape index (κ2) is 5.60. The first kappa shape index (κ1) is 13.9. The van der Waals surface area contributed by atoms with Crippen molar-refractivity contribution in [3.05, 3.63) is 18.2 Å². The van der Waals surface area contributed by atoms with E-state index in [4.69, 9.17) is 0 Å². The van der Waals surface area contributed by atoms with Gasteiger partial charge in [0.15, 0.2) is 0 Å². The fourth-order valence-electron chi connectivity index (χ4n) is 2.25. The number of hydrogen-bond donors (Lipinski definition) is 2. The van der Waals surface area contributed by atoms with Gasteiger partial charge in [0.1, 0.15) is 5.82 Å². The minimum atomic E-state index is -4.96. The maximum absolute atomic E-state index is 11.9. The van der Waals surface area contributed by atoms with Crippen molar-refractivity contribution in [1.29, 1.82) is 0 Å². The molecule has 1 saturated carbocycles. The van der Waals surface area contributed by atoms with E-state index in [0.29, 0.717) is 18.8 Å². The maximum Gasteiger partial charge on any atom is 0.492 e. The summed E-state index contributed by atoms with van der Waals surface area (Å²) in [6.07, 6.45) is 1.37. The lowest BCUT2D eigenvalue weighted by atomic mass is 10.0. The van der Waals surface area contributed by atoms with Crippen LogP contribution in [0.2, 0.25) is 0 Å². The van der Waals surface area contributed by atoms with Crippen LogP contribution in [0.1, 0.15) is 25.1 Å². The maximum atomic E-state index is 11.9. The Bertz CT molecular complexity index is 419. The van der Waals surface area contributed by atoms with Crippen molar-refractivity contribution in [3.63, 3.8) is 0 Å². The summed E-state index contributed by atoms with van der Waals surface area (Å²) in [5.74, 6) is -1.02. The van der Waals surface area contributed by atoms with Gasteiger partial charge >= 0.3 is 12.1 Å². The van der Waals surface area contributed by atoms with Crippen molar-refractivity contribution < 1.29 is 22.8 Å². The zero-order valence-electron chi connectivity index (χ0n) is 10.0. The fraction of sp³-hybridized carbons (Fsp3) is 0.636.